The number of carboxylic acids is 1. The molecule has 1 heterocycles. The van der Waals surface area contributed by atoms with Gasteiger partial charge in [0.2, 0.25) is 0 Å². The number of hydrogen-bond acceptors (Lipinski definition) is 2. The molecule has 2 fully saturated rings. The summed E-state index contributed by atoms with van der Waals surface area (Å²) in [5.74, 6) is -0.206. The summed E-state index contributed by atoms with van der Waals surface area (Å²) in [6.45, 7) is 5.54. The lowest BCUT2D eigenvalue weighted by atomic mass is 9.72. The summed E-state index contributed by atoms with van der Waals surface area (Å²) >= 11 is 0. The number of carbonyl (C=O) groups is 2. The topological polar surface area (TPSA) is 69.6 Å². The number of amides is 2. The molecule has 0 aromatic carbocycles. The zero-order chi connectivity index (χ0) is 15.5. The molecule has 0 spiro atoms. The van der Waals surface area contributed by atoms with E-state index in [0.717, 1.165) is 38.6 Å². The van der Waals surface area contributed by atoms with Gasteiger partial charge in [-0.15, -0.1) is 0 Å². The number of aliphatic carboxylic acids is 1. The van der Waals surface area contributed by atoms with E-state index in [1.54, 1.807) is 0 Å². The van der Waals surface area contributed by atoms with Crippen LogP contribution in [-0.4, -0.2) is 41.1 Å². The van der Waals surface area contributed by atoms with Crippen molar-refractivity contribution in [3.8, 4) is 0 Å². The van der Waals surface area contributed by atoms with Gasteiger partial charge in [-0.3, -0.25) is 4.79 Å². The Morgan fingerprint density at radius 2 is 1.90 bits per heavy atom. The molecular weight excluding hydrogens is 268 g/mol. The minimum absolute atomic E-state index is 0.0258. The van der Waals surface area contributed by atoms with Crippen molar-refractivity contribution in [3.05, 3.63) is 0 Å². The summed E-state index contributed by atoms with van der Waals surface area (Å²) in [4.78, 5) is 25.4. The molecule has 5 heteroatoms. The first kappa shape index (κ1) is 16.1. The Morgan fingerprint density at radius 3 is 2.43 bits per heavy atom. The predicted molar refractivity (Wildman–Crippen MR) is 81.1 cm³/mol. The largest absolute Gasteiger partial charge is 0.481 e. The molecule has 0 bridgehead atoms. The van der Waals surface area contributed by atoms with Crippen LogP contribution in [0.3, 0.4) is 0 Å². The van der Waals surface area contributed by atoms with Gasteiger partial charge in [0.05, 0.1) is 6.42 Å². The van der Waals surface area contributed by atoms with Crippen molar-refractivity contribution in [1.82, 2.24) is 10.2 Å². The zero-order valence-corrected chi connectivity index (χ0v) is 13.2. The van der Waals surface area contributed by atoms with Gasteiger partial charge < -0.3 is 15.3 Å². The average Bonchev–Trinajstić information content (AvgIpc) is 2.75. The van der Waals surface area contributed by atoms with Crippen molar-refractivity contribution in [3.63, 3.8) is 0 Å². The Labute approximate surface area is 127 Å². The van der Waals surface area contributed by atoms with Crippen LogP contribution in [0.4, 0.5) is 4.79 Å². The zero-order valence-electron chi connectivity index (χ0n) is 13.2. The van der Waals surface area contributed by atoms with Gasteiger partial charge in [-0.25, -0.2) is 4.79 Å². The first-order valence-electron chi connectivity index (χ1n) is 8.18. The predicted octanol–water partition coefficient (Wildman–Crippen LogP) is 2.85. The van der Waals surface area contributed by atoms with Crippen molar-refractivity contribution in [2.75, 3.05) is 13.1 Å². The molecule has 1 saturated carbocycles. The van der Waals surface area contributed by atoms with Crippen LogP contribution < -0.4 is 5.32 Å². The van der Waals surface area contributed by atoms with E-state index in [0.29, 0.717) is 12.5 Å². The van der Waals surface area contributed by atoms with Crippen LogP contribution in [0.15, 0.2) is 0 Å². The summed E-state index contributed by atoms with van der Waals surface area (Å²) in [7, 11) is 0. The minimum atomic E-state index is -0.755. The summed E-state index contributed by atoms with van der Waals surface area (Å²) in [5.41, 5.74) is -0.242. The van der Waals surface area contributed by atoms with Crippen LogP contribution in [-0.2, 0) is 4.79 Å². The maximum atomic E-state index is 12.3. The smallest absolute Gasteiger partial charge is 0.317 e. The maximum absolute atomic E-state index is 12.3. The van der Waals surface area contributed by atoms with Crippen LogP contribution in [0, 0.1) is 11.3 Å². The second kappa shape index (κ2) is 6.67. The average molecular weight is 296 g/mol. The number of carboxylic acid groups (broad SMARTS) is 1. The number of rotatable bonds is 4. The lowest BCUT2D eigenvalue weighted by Crippen LogP contribution is -2.47. The second-order valence-corrected chi connectivity index (χ2v) is 7.13. The van der Waals surface area contributed by atoms with Gasteiger partial charge >= 0.3 is 12.0 Å². The van der Waals surface area contributed by atoms with Gasteiger partial charge in [-0.1, -0.05) is 26.2 Å². The monoisotopic (exact) mass is 296 g/mol. The second-order valence-electron chi connectivity index (χ2n) is 7.13. The number of hydrogen-bond donors (Lipinski definition) is 2. The summed E-state index contributed by atoms with van der Waals surface area (Å²) in [5, 5.41) is 12.2. The molecule has 1 aliphatic heterocycles. The fourth-order valence-electron chi connectivity index (χ4n) is 3.99. The molecule has 5 nitrogen and oxygen atoms in total. The van der Waals surface area contributed by atoms with Crippen molar-refractivity contribution in [1.29, 1.82) is 0 Å². The summed E-state index contributed by atoms with van der Waals surface area (Å²) in [6, 6.07) is 0.254. The molecule has 2 amide bonds. The fraction of sp³-hybridized carbons (Fsp3) is 0.875. The molecule has 1 aliphatic carbocycles. The van der Waals surface area contributed by atoms with Crippen molar-refractivity contribution < 1.29 is 14.7 Å². The molecule has 1 saturated heterocycles. The van der Waals surface area contributed by atoms with Crippen LogP contribution >= 0.6 is 0 Å². The van der Waals surface area contributed by atoms with E-state index in [2.05, 4.69) is 19.2 Å². The first-order valence-corrected chi connectivity index (χ1v) is 8.18. The van der Waals surface area contributed by atoms with E-state index in [-0.39, 0.29) is 23.9 Å². The Hall–Kier alpha value is -1.26. The normalized spacial score (nSPS) is 28.4. The van der Waals surface area contributed by atoms with Gasteiger partial charge in [-0.2, -0.15) is 0 Å². The van der Waals surface area contributed by atoms with Gasteiger partial charge in [0.1, 0.15) is 0 Å². The van der Waals surface area contributed by atoms with E-state index in [1.165, 1.54) is 6.42 Å². The molecule has 2 atom stereocenters. The molecule has 0 radical (unpaired) electrons. The highest BCUT2D eigenvalue weighted by Crippen LogP contribution is 2.39. The highest BCUT2D eigenvalue weighted by Gasteiger charge is 2.36. The highest BCUT2D eigenvalue weighted by molar-refractivity contribution is 5.75. The van der Waals surface area contributed by atoms with Crippen molar-refractivity contribution in [2.24, 2.45) is 11.3 Å². The van der Waals surface area contributed by atoms with Gasteiger partial charge in [0.25, 0.3) is 0 Å². The Balaban J connectivity index is 1.92. The van der Waals surface area contributed by atoms with Gasteiger partial charge in [0, 0.05) is 19.1 Å². The van der Waals surface area contributed by atoms with E-state index in [9.17, 15) is 9.59 Å². The molecule has 2 aliphatic rings. The highest BCUT2D eigenvalue weighted by atomic mass is 16.4. The van der Waals surface area contributed by atoms with E-state index >= 15 is 0 Å². The lowest BCUT2D eigenvalue weighted by molar-refractivity contribution is -0.140. The van der Waals surface area contributed by atoms with Gasteiger partial charge in [0.15, 0.2) is 0 Å². The third-order valence-electron chi connectivity index (χ3n) is 5.10. The Morgan fingerprint density at radius 1 is 1.24 bits per heavy atom. The molecule has 120 valence electrons. The molecule has 2 rings (SSSR count). The van der Waals surface area contributed by atoms with Crippen LogP contribution in [0.1, 0.15) is 58.8 Å². The Bertz CT molecular complexity index is 391. The molecule has 0 aromatic heterocycles. The first-order chi connectivity index (χ1) is 9.92. The molecule has 2 unspecified atom stereocenters. The number of nitrogens with one attached hydrogen (secondary N) is 1. The van der Waals surface area contributed by atoms with Crippen LogP contribution in [0.5, 0.6) is 0 Å². The molecular formula is C16H28N2O3. The third-order valence-corrected chi connectivity index (χ3v) is 5.10. The fourth-order valence-corrected chi connectivity index (χ4v) is 3.99. The molecule has 0 aromatic rings. The quantitative estimate of drug-likeness (QED) is 0.838. The van der Waals surface area contributed by atoms with E-state index < -0.39 is 5.97 Å². The molecule has 2 N–H and O–H groups in total. The lowest BCUT2D eigenvalue weighted by Gasteiger charge is -2.37. The standard InChI is InChI=1S/C16H28N2O3/c1-12-8-13(2)18(10-12)15(21)17-11-16(9-14(19)20)6-4-3-5-7-16/h12-13H,3-11H2,1-2H3,(H,17,21)(H,19,20). The van der Waals surface area contributed by atoms with E-state index in [1.807, 2.05) is 4.90 Å². The maximum Gasteiger partial charge on any atom is 0.317 e. The number of likely N-dealkylation sites (tertiary alicyclic amines) is 1. The third kappa shape index (κ3) is 4.11. The Kier molecular flexibility index (Phi) is 5.12. The number of nitrogens with zero attached hydrogens (tertiary/aromatic N) is 1. The minimum Gasteiger partial charge on any atom is -0.481 e. The summed E-state index contributed by atoms with van der Waals surface area (Å²) in [6.07, 6.45) is 6.35. The van der Waals surface area contributed by atoms with Gasteiger partial charge in [-0.05, 0) is 37.5 Å². The van der Waals surface area contributed by atoms with Crippen LogP contribution in [0.2, 0.25) is 0 Å². The van der Waals surface area contributed by atoms with Crippen molar-refractivity contribution in [2.45, 2.75) is 64.8 Å². The van der Waals surface area contributed by atoms with Crippen molar-refractivity contribution >= 4 is 12.0 Å². The van der Waals surface area contributed by atoms with Crippen LogP contribution in [0.25, 0.3) is 0 Å². The number of carbonyl (C=O) groups excluding carboxylic acids is 1. The number of urea groups is 1. The molecule has 21 heavy (non-hydrogen) atoms. The van der Waals surface area contributed by atoms with E-state index in [4.69, 9.17) is 5.11 Å². The summed E-state index contributed by atoms with van der Waals surface area (Å²) < 4.78 is 0. The SMILES string of the molecule is CC1CC(C)N(C(=O)NCC2(CC(=O)O)CCCCC2)C1.